The van der Waals surface area contributed by atoms with Crippen LogP contribution >= 0.6 is 11.6 Å². The zero-order valence-electron chi connectivity index (χ0n) is 11.9. The van der Waals surface area contributed by atoms with Gasteiger partial charge in [-0.05, 0) is 30.9 Å². The van der Waals surface area contributed by atoms with Crippen LogP contribution in [-0.4, -0.2) is 31.2 Å². The van der Waals surface area contributed by atoms with E-state index in [0.29, 0.717) is 23.9 Å². The number of hydrogen-bond acceptors (Lipinski definition) is 3. The molecule has 0 fully saturated rings. The van der Waals surface area contributed by atoms with Crippen LogP contribution in [0.15, 0.2) is 12.1 Å². The maximum atomic E-state index is 12.0. The SMILES string of the molecule is COCCC(C)(C)CNC(=O)c1cc(C)nc(Cl)c1. The van der Waals surface area contributed by atoms with Crippen molar-refractivity contribution in [1.82, 2.24) is 10.3 Å². The van der Waals surface area contributed by atoms with E-state index < -0.39 is 0 Å². The summed E-state index contributed by atoms with van der Waals surface area (Å²) < 4.78 is 5.06. The van der Waals surface area contributed by atoms with Gasteiger partial charge in [0.05, 0.1) is 0 Å². The molecule has 106 valence electrons. The number of amides is 1. The molecule has 0 bridgehead atoms. The molecule has 19 heavy (non-hydrogen) atoms. The highest BCUT2D eigenvalue weighted by molar-refractivity contribution is 6.29. The van der Waals surface area contributed by atoms with Crippen molar-refractivity contribution in [2.75, 3.05) is 20.3 Å². The molecule has 0 unspecified atom stereocenters. The van der Waals surface area contributed by atoms with Crippen LogP contribution in [0.3, 0.4) is 0 Å². The van der Waals surface area contributed by atoms with E-state index in [1.165, 1.54) is 0 Å². The van der Waals surface area contributed by atoms with Crippen LogP contribution in [0.1, 0.15) is 36.3 Å². The van der Waals surface area contributed by atoms with Gasteiger partial charge in [-0.2, -0.15) is 0 Å². The molecular weight excluding hydrogens is 264 g/mol. The normalized spacial score (nSPS) is 11.4. The Hall–Kier alpha value is -1.13. The van der Waals surface area contributed by atoms with E-state index in [0.717, 1.165) is 12.1 Å². The molecule has 5 heteroatoms. The molecule has 0 atom stereocenters. The van der Waals surface area contributed by atoms with E-state index in [1.54, 1.807) is 19.2 Å². The van der Waals surface area contributed by atoms with Gasteiger partial charge in [0.1, 0.15) is 5.15 Å². The van der Waals surface area contributed by atoms with Crippen LogP contribution in [0.5, 0.6) is 0 Å². The number of carbonyl (C=O) groups is 1. The largest absolute Gasteiger partial charge is 0.385 e. The first kappa shape index (κ1) is 15.9. The Morgan fingerprint density at radius 1 is 1.47 bits per heavy atom. The highest BCUT2D eigenvalue weighted by Gasteiger charge is 2.19. The third kappa shape index (κ3) is 5.57. The number of halogens is 1. The standard InChI is InChI=1S/C14H21ClN2O2/c1-10-7-11(8-12(15)17-10)13(18)16-9-14(2,3)5-6-19-4/h7-8H,5-6,9H2,1-4H3,(H,16,18). The predicted molar refractivity (Wildman–Crippen MR) is 76.6 cm³/mol. The zero-order chi connectivity index (χ0) is 14.5. The molecule has 1 heterocycles. The van der Waals surface area contributed by atoms with Gasteiger partial charge >= 0.3 is 0 Å². The van der Waals surface area contributed by atoms with E-state index in [4.69, 9.17) is 16.3 Å². The zero-order valence-corrected chi connectivity index (χ0v) is 12.7. The quantitative estimate of drug-likeness (QED) is 0.817. The lowest BCUT2D eigenvalue weighted by atomic mass is 9.89. The molecule has 0 radical (unpaired) electrons. The van der Waals surface area contributed by atoms with Crippen molar-refractivity contribution < 1.29 is 9.53 Å². The number of methoxy groups -OCH3 is 1. The van der Waals surface area contributed by atoms with E-state index in [2.05, 4.69) is 24.1 Å². The van der Waals surface area contributed by atoms with Gasteiger partial charge in [-0.1, -0.05) is 25.4 Å². The second kappa shape index (κ2) is 6.87. The first-order chi connectivity index (χ1) is 8.84. The number of nitrogens with one attached hydrogen (secondary N) is 1. The molecular formula is C14H21ClN2O2. The van der Waals surface area contributed by atoms with Gasteiger partial charge in [-0.25, -0.2) is 4.98 Å². The van der Waals surface area contributed by atoms with Crippen molar-refractivity contribution >= 4 is 17.5 Å². The van der Waals surface area contributed by atoms with E-state index in [-0.39, 0.29) is 11.3 Å². The molecule has 1 aromatic heterocycles. The van der Waals surface area contributed by atoms with Crippen LogP contribution < -0.4 is 5.32 Å². The lowest BCUT2D eigenvalue weighted by Gasteiger charge is -2.24. The molecule has 1 rings (SSSR count). The number of hydrogen-bond donors (Lipinski definition) is 1. The summed E-state index contributed by atoms with van der Waals surface area (Å²) in [7, 11) is 1.68. The summed E-state index contributed by atoms with van der Waals surface area (Å²) in [5.41, 5.74) is 1.27. The summed E-state index contributed by atoms with van der Waals surface area (Å²) in [4.78, 5) is 16.1. The third-order valence-electron chi connectivity index (χ3n) is 2.89. The summed E-state index contributed by atoms with van der Waals surface area (Å²) in [6.45, 7) is 7.27. The van der Waals surface area contributed by atoms with Crippen LogP contribution in [0.25, 0.3) is 0 Å². The molecule has 0 saturated carbocycles. The number of rotatable bonds is 6. The van der Waals surface area contributed by atoms with Crippen molar-refractivity contribution in [3.05, 3.63) is 28.5 Å². The second-order valence-electron chi connectivity index (χ2n) is 5.41. The number of nitrogens with zero attached hydrogens (tertiary/aromatic N) is 1. The molecule has 0 aliphatic heterocycles. The van der Waals surface area contributed by atoms with Crippen LogP contribution in [0, 0.1) is 12.3 Å². The Balaban J connectivity index is 2.60. The van der Waals surface area contributed by atoms with Gasteiger partial charge in [-0.3, -0.25) is 4.79 Å². The van der Waals surface area contributed by atoms with Crippen molar-refractivity contribution in [2.24, 2.45) is 5.41 Å². The fraction of sp³-hybridized carbons (Fsp3) is 0.571. The van der Waals surface area contributed by atoms with E-state index in [1.807, 2.05) is 6.92 Å². The molecule has 0 aliphatic carbocycles. The Morgan fingerprint density at radius 2 is 2.16 bits per heavy atom. The average molecular weight is 285 g/mol. The minimum atomic E-state index is -0.127. The van der Waals surface area contributed by atoms with Gasteiger partial charge < -0.3 is 10.1 Å². The smallest absolute Gasteiger partial charge is 0.251 e. The minimum absolute atomic E-state index is 0.00244. The monoisotopic (exact) mass is 284 g/mol. The third-order valence-corrected chi connectivity index (χ3v) is 3.09. The summed E-state index contributed by atoms with van der Waals surface area (Å²) in [6.07, 6.45) is 0.889. The van der Waals surface area contributed by atoms with Crippen LogP contribution in [0.4, 0.5) is 0 Å². The van der Waals surface area contributed by atoms with Crippen molar-refractivity contribution in [3.63, 3.8) is 0 Å². The fourth-order valence-corrected chi connectivity index (χ4v) is 1.90. The second-order valence-corrected chi connectivity index (χ2v) is 5.80. The maximum Gasteiger partial charge on any atom is 0.251 e. The number of aryl methyl sites for hydroxylation is 1. The van der Waals surface area contributed by atoms with Crippen molar-refractivity contribution in [1.29, 1.82) is 0 Å². The topological polar surface area (TPSA) is 51.2 Å². The molecule has 1 N–H and O–H groups in total. The summed E-state index contributed by atoms with van der Waals surface area (Å²) in [6, 6.07) is 3.30. The van der Waals surface area contributed by atoms with Gasteiger partial charge in [0, 0.05) is 31.5 Å². The first-order valence-electron chi connectivity index (χ1n) is 6.25. The number of aromatic nitrogens is 1. The Morgan fingerprint density at radius 3 is 2.74 bits per heavy atom. The maximum absolute atomic E-state index is 12.0. The Bertz CT molecular complexity index is 427. The molecule has 4 nitrogen and oxygen atoms in total. The fourth-order valence-electron chi connectivity index (χ4n) is 1.65. The lowest BCUT2D eigenvalue weighted by Crippen LogP contribution is -2.34. The molecule has 0 aromatic carbocycles. The molecule has 0 aliphatic rings. The molecule has 0 saturated heterocycles. The van der Waals surface area contributed by atoms with E-state index in [9.17, 15) is 4.79 Å². The first-order valence-corrected chi connectivity index (χ1v) is 6.63. The summed E-state index contributed by atoms with van der Waals surface area (Å²) in [5.74, 6) is -0.127. The summed E-state index contributed by atoms with van der Waals surface area (Å²) in [5, 5.41) is 3.26. The van der Waals surface area contributed by atoms with Crippen LogP contribution in [0.2, 0.25) is 5.15 Å². The van der Waals surface area contributed by atoms with Crippen LogP contribution in [-0.2, 0) is 4.74 Å². The average Bonchev–Trinajstić information content (AvgIpc) is 2.32. The number of carbonyl (C=O) groups excluding carboxylic acids is 1. The lowest BCUT2D eigenvalue weighted by molar-refractivity contribution is 0.0920. The number of pyridine rings is 1. The Labute approximate surface area is 119 Å². The predicted octanol–water partition coefficient (Wildman–Crippen LogP) is 2.84. The highest BCUT2D eigenvalue weighted by Crippen LogP contribution is 2.19. The minimum Gasteiger partial charge on any atom is -0.385 e. The van der Waals surface area contributed by atoms with Gasteiger partial charge in [0.15, 0.2) is 0 Å². The van der Waals surface area contributed by atoms with Gasteiger partial charge in [-0.15, -0.1) is 0 Å². The van der Waals surface area contributed by atoms with E-state index >= 15 is 0 Å². The van der Waals surface area contributed by atoms with Crippen molar-refractivity contribution in [2.45, 2.75) is 27.2 Å². The molecule has 1 aromatic rings. The number of ether oxygens (including phenoxy) is 1. The molecule has 0 spiro atoms. The summed E-state index contributed by atoms with van der Waals surface area (Å²) >= 11 is 5.85. The highest BCUT2D eigenvalue weighted by atomic mass is 35.5. The van der Waals surface area contributed by atoms with Gasteiger partial charge in [0.25, 0.3) is 5.91 Å². The van der Waals surface area contributed by atoms with Crippen molar-refractivity contribution in [3.8, 4) is 0 Å². The molecule has 1 amide bonds. The Kier molecular flexibility index (Phi) is 5.76. The van der Waals surface area contributed by atoms with Gasteiger partial charge in [0.2, 0.25) is 0 Å².